The Balaban J connectivity index is 1.90. The van der Waals surface area contributed by atoms with Crippen LogP contribution in [0.4, 0.5) is 0 Å². The molecule has 1 aliphatic rings. The first kappa shape index (κ1) is 14.6. The van der Waals surface area contributed by atoms with Gasteiger partial charge in [-0.25, -0.2) is 0 Å². The minimum absolute atomic E-state index is 0.000668. The van der Waals surface area contributed by atoms with Crippen molar-refractivity contribution < 1.29 is 9.59 Å². The highest BCUT2D eigenvalue weighted by atomic mass is 16.2. The molecular formula is C16H22N2O2. The van der Waals surface area contributed by atoms with E-state index in [1.807, 2.05) is 37.3 Å². The molecule has 0 unspecified atom stereocenters. The van der Waals surface area contributed by atoms with Crippen molar-refractivity contribution in [2.45, 2.75) is 32.7 Å². The first-order valence-electron chi connectivity index (χ1n) is 7.30. The van der Waals surface area contributed by atoms with Gasteiger partial charge in [-0.15, -0.1) is 0 Å². The van der Waals surface area contributed by atoms with Crippen molar-refractivity contribution in [3.05, 3.63) is 35.9 Å². The van der Waals surface area contributed by atoms with E-state index in [2.05, 4.69) is 0 Å². The van der Waals surface area contributed by atoms with E-state index in [-0.39, 0.29) is 18.2 Å². The summed E-state index contributed by atoms with van der Waals surface area (Å²) in [6.07, 6.45) is 2.11. The molecule has 20 heavy (non-hydrogen) atoms. The van der Waals surface area contributed by atoms with Crippen LogP contribution in [0.3, 0.4) is 0 Å². The van der Waals surface area contributed by atoms with Crippen LogP contribution in [0.15, 0.2) is 30.3 Å². The summed E-state index contributed by atoms with van der Waals surface area (Å²) in [6.45, 7) is 4.75. The lowest BCUT2D eigenvalue weighted by Gasteiger charge is -2.22. The number of benzene rings is 1. The normalized spacial score (nSPS) is 14.3. The molecular weight excluding hydrogens is 252 g/mol. The fraction of sp³-hybridized carbons (Fsp3) is 0.500. The third kappa shape index (κ3) is 3.83. The number of amides is 2. The van der Waals surface area contributed by atoms with Gasteiger partial charge in [-0.3, -0.25) is 9.59 Å². The summed E-state index contributed by atoms with van der Waals surface area (Å²) in [5, 5.41) is 0. The standard InChI is InChI=1S/C16H22N2O2/c1-2-17(13-14-8-4-3-5-9-14)15(19)12-16(20)18-10-6-7-11-18/h3-5,8-9H,2,6-7,10-13H2,1H3. The number of hydrogen-bond donors (Lipinski definition) is 0. The first-order valence-corrected chi connectivity index (χ1v) is 7.30. The van der Waals surface area contributed by atoms with E-state index in [1.165, 1.54) is 0 Å². The van der Waals surface area contributed by atoms with E-state index in [1.54, 1.807) is 9.80 Å². The third-order valence-electron chi connectivity index (χ3n) is 3.71. The van der Waals surface area contributed by atoms with E-state index in [9.17, 15) is 9.59 Å². The second-order valence-electron chi connectivity index (χ2n) is 5.16. The van der Waals surface area contributed by atoms with Crippen molar-refractivity contribution in [3.63, 3.8) is 0 Å². The highest BCUT2D eigenvalue weighted by molar-refractivity contribution is 5.96. The van der Waals surface area contributed by atoms with Gasteiger partial charge in [0.2, 0.25) is 11.8 Å². The highest BCUT2D eigenvalue weighted by Crippen LogP contribution is 2.11. The van der Waals surface area contributed by atoms with Crippen LogP contribution in [-0.2, 0) is 16.1 Å². The zero-order chi connectivity index (χ0) is 14.4. The molecule has 2 amide bonds. The lowest BCUT2D eigenvalue weighted by molar-refractivity contribution is -0.140. The summed E-state index contributed by atoms with van der Waals surface area (Å²) in [5.74, 6) is -0.104. The summed E-state index contributed by atoms with van der Waals surface area (Å²) in [6, 6.07) is 9.88. The lowest BCUT2D eigenvalue weighted by Crippen LogP contribution is -2.36. The molecule has 4 nitrogen and oxygen atoms in total. The van der Waals surface area contributed by atoms with Gasteiger partial charge in [0.1, 0.15) is 6.42 Å². The monoisotopic (exact) mass is 274 g/mol. The maximum Gasteiger partial charge on any atom is 0.232 e. The molecule has 1 saturated heterocycles. The molecule has 0 N–H and O–H groups in total. The van der Waals surface area contributed by atoms with Gasteiger partial charge >= 0.3 is 0 Å². The average molecular weight is 274 g/mol. The van der Waals surface area contributed by atoms with Crippen LogP contribution in [0.5, 0.6) is 0 Å². The minimum atomic E-state index is -0.0757. The summed E-state index contributed by atoms with van der Waals surface area (Å²) in [7, 11) is 0. The third-order valence-corrected chi connectivity index (χ3v) is 3.71. The van der Waals surface area contributed by atoms with Crippen LogP contribution in [0.2, 0.25) is 0 Å². The summed E-state index contributed by atoms with van der Waals surface area (Å²) < 4.78 is 0. The smallest absolute Gasteiger partial charge is 0.232 e. The van der Waals surface area contributed by atoms with Gasteiger partial charge in [0.15, 0.2) is 0 Å². The molecule has 108 valence electrons. The molecule has 1 fully saturated rings. The summed E-state index contributed by atoms with van der Waals surface area (Å²) >= 11 is 0. The summed E-state index contributed by atoms with van der Waals surface area (Å²) in [5.41, 5.74) is 1.09. The van der Waals surface area contributed by atoms with Crippen molar-refractivity contribution in [2.75, 3.05) is 19.6 Å². The van der Waals surface area contributed by atoms with Crippen LogP contribution in [0, 0.1) is 0 Å². The quantitative estimate of drug-likeness (QED) is 0.771. The van der Waals surface area contributed by atoms with Gasteiger partial charge in [-0.1, -0.05) is 30.3 Å². The Kier molecular flexibility index (Phi) is 5.16. The zero-order valence-electron chi connectivity index (χ0n) is 12.0. The van der Waals surface area contributed by atoms with E-state index in [4.69, 9.17) is 0 Å². The van der Waals surface area contributed by atoms with Gasteiger partial charge in [0.05, 0.1) is 0 Å². The SMILES string of the molecule is CCN(Cc1ccccc1)C(=O)CC(=O)N1CCCC1. The number of carbonyl (C=O) groups is 2. The Bertz CT molecular complexity index is 453. The van der Waals surface area contributed by atoms with Gasteiger partial charge in [0.25, 0.3) is 0 Å². The maximum atomic E-state index is 12.2. The van der Waals surface area contributed by atoms with E-state index in [0.717, 1.165) is 31.5 Å². The Hall–Kier alpha value is -1.84. The molecule has 4 heteroatoms. The van der Waals surface area contributed by atoms with E-state index >= 15 is 0 Å². The maximum absolute atomic E-state index is 12.2. The van der Waals surface area contributed by atoms with E-state index < -0.39 is 0 Å². The Morgan fingerprint density at radius 1 is 1.15 bits per heavy atom. The second kappa shape index (κ2) is 7.08. The topological polar surface area (TPSA) is 40.6 Å². The highest BCUT2D eigenvalue weighted by Gasteiger charge is 2.22. The second-order valence-corrected chi connectivity index (χ2v) is 5.16. The molecule has 1 heterocycles. The number of carbonyl (C=O) groups excluding carboxylic acids is 2. The Morgan fingerprint density at radius 3 is 2.40 bits per heavy atom. The van der Waals surface area contributed by atoms with Crippen molar-refractivity contribution in [3.8, 4) is 0 Å². The molecule has 2 rings (SSSR count). The molecule has 0 radical (unpaired) electrons. The predicted molar refractivity (Wildman–Crippen MR) is 78.0 cm³/mol. The number of hydrogen-bond acceptors (Lipinski definition) is 2. The Morgan fingerprint density at radius 2 is 1.80 bits per heavy atom. The van der Waals surface area contributed by atoms with Crippen LogP contribution in [-0.4, -0.2) is 41.2 Å². The molecule has 1 aromatic carbocycles. The van der Waals surface area contributed by atoms with Gasteiger partial charge in [0, 0.05) is 26.2 Å². The fourth-order valence-corrected chi connectivity index (χ4v) is 2.50. The number of likely N-dealkylation sites (tertiary alicyclic amines) is 1. The van der Waals surface area contributed by atoms with Crippen LogP contribution >= 0.6 is 0 Å². The zero-order valence-corrected chi connectivity index (χ0v) is 12.0. The molecule has 0 bridgehead atoms. The molecule has 1 aliphatic heterocycles. The minimum Gasteiger partial charge on any atom is -0.342 e. The van der Waals surface area contributed by atoms with Crippen LogP contribution < -0.4 is 0 Å². The number of nitrogens with zero attached hydrogens (tertiary/aromatic N) is 2. The van der Waals surface area contributed by atoms with Crippen LogP contribution in [0.1, 0.15) is 31.7 Å². The largest absolute Gasteiger partial charge is 0.342 e. The van der Waals surface area contributed by atoms with Crippen molar-refractivity contribution in [1.82, 2.24) is 9.80 Å². The van der Waals surface area contributed by atoms with Gasteiger partial charge in [-0.05, 0) is 25.3 Å². The van der Waals surface area contributed by atoms with Crippen molar-refractivity contribution in [1.29, 1.82) is 0 Å². The molecule has 0 saturated carbocycles. The molecule has 0 aliphatic carbocycles. The molecule has 1 aromatic rings. The number of rotatable bonds is 5. The molecule has 0 spiro atoms. The fourth-order valence-electron chi connectivity index (χ4n) is 2.50. The predicted octanol–water partition coefficient (Wildman–Crippen LogP) is 2.05. The first-order chi connectivity index (χ1) is 9.70. The average Bonchev–Trinajstić information content (AvgIpc) is 3.00. The molecule has 0 atom stereocenters. The van der Waals surface area contributed by atoms with Crippen molar-refractivity contribution >= 4 is 11.8 Å². The van der Waals surface area contributed by atoms with Gasteiger partial charge < -0.3 is 9.80 Å². The van der Waals surface area contributed by atoms with Gasteiger partial charge in [-0.2, -0.15) is 0 Å². The van der Waals surface area contributed by atoms with E-state index in [0.29, 0.717) is 13.1 Å². The summed E-state index contributed by atoms with van der Waals surface area (Å²) in [4.78, 5) is 27.8. The molecule has 0 aromatic heterocycles. The lowest BCUT2D eigenvalue weighted by atomic mass is 10.2. The van der Waals surface area contributed by atoms with Crippen LogP contribution in [0.25, 0.3) is 0 Å². The van der Waals surface area contributed by atoms with Crippen molar-refractivity contribution in [2.24, 2.45) is 0 Å². The Labute approximate surface area is 120 Å².